The minimum Gasteiger partial charge on any atom is -0.490 e. The lowest BCUT2D eigenvalue weighted by atomic mass is 9.92. The number of hydrogen-bond acceptors (Lipinski definition) is 5. The van der Waals surface area contributed by atoms with Crippen molar-refractivity contribution in [3.05, 3.63) is 41.7 Å². The van der Waals surface area contributed by atoms with E-state index in [0.717, 1.165) is 23.3 Å². The second-order valence-corrected chi connectivity index (χ2v) is 9.16. The fraction of sp³-hybridized carbons (Fsp3) is 0.500. The van der Waals surface area contributed by atoms with Crippen molar-refractivity contribution >= 4 is 10.0 Å². The molecule has 1 unspecified atom stereocenters. The van der Waals surface area contributed by atoms with E-state index in [4.69, 9.17) is 4.74 Å². The number of rotatable bonds is 4. The third-order valence-electron chi connectivity index (χ3n) is 5.30. The fourth-order valence-corrected chi connectivity index (χ4v) is 5.50. The molecule has 0 aliphatic carbocycles. The molecule has 26 heavy (non-hydrogen) atoms. The monoisotopic (exact) mass is 377 g/mol. The second kappa shape index (κ2) is 6.37. The topological polar surface area (TPSA) is 84.7 Å². The van der Waals surface area contributed by atoms with Crippen LogP contribution in [0.4, 0.5) is 0 Å². The molecule has 7 nitrogen and oxygen atoms in total. The van der Waals surface area contributed by atoms with E-state index in [0.29, 0.717) is 13.1 Å². The lowest BCUT2D eigenvalue weighted by Gasteiger charge is -2.17. The zero-order chi connectivity index (χ0) is 18.5. The minimum atomic E-state index is -3.62. The molecule has 0 bridgehead atoms. The standard InChI is InChI=1S/C18H23N3O4S/c1-12-5-13-6-16(3-4-18(13)25-12)26(23,24)21-9-15(11-22)17(10-21)14-7-19-20(2)8-14/h3-4,6-8,12,15,17,22H,5,9-11H2,1-2H3/t12?,15-,17-/m0/s1. The van der Waals surface area contributed by atoms with Gasteiger partial charge in [-0.15, -0.1) is 0 Å². The van der Waals surface area contributed by atoms with Crippen molar-refractivity contribution < 1.29 is 18.3 Å². The highest BCUT2D eigenvalue weighted by molar-refractivity contribution is 7.89. The Bertz CT molecular complexity index is 924. The highest BCUT2D eigenvalue weighted by Crippen LogP contribution is 2.37. The summed E-state index contributed by atoms with van der Waals surface area (Å²) in [6.07, 6.45) is 4.43. The second-order valence-electron chi connectivity index (χ2n) is 7.22. The van der Waals surface area contributed by atoms with Crippen LogP contribution in [0.25, 0.3) is 0 Å². The maximum absolute atomic E-state index is 13.1. The number of ether oxygens (including phenoxy) is 1. The van der Waals surface area contributed by atoms with E-state index in [1.54, 1.807) is 29.1 Å². The highest BCUT2D eigenvalue weighted by Gasteiger charge is 2.40. The Hall–Kier alpha value is -1.90. The van der Waals surface area contributed by atoms with Gasteiger partial charge in [0.05, 0.1) is 11.1 Å². The Morgan fingerprint density at radius 3 is 2.85 bits per heavy atom. The van der Waals surface area contributed by atoms with Crippen molar-refractivity contribution in [2.75, 3.05) is 19.7 Å². The quantitative estimate of drug-likeness (QED) is 0.864. The largest absolute Gasteiger partial charge is 0.490 e. The molecule has 0 amide bonds. The molecule has 3 heterocycles. The molecule has 1 aromatic carbocycles. The molecule has 0 saturated carbocycles. The molecule has 1 aromatic heterocycles. The summed E-state index contributed by atoms with van der Waals surface area (Å²) in [4.78, 5) is 0.289. The molecule has 140 valence electrons. The van der Waals surface area contributed by atoms with Crippen LogP contribution in [0.2, 0.25) is 0 Å². The number of nitrogens with zero attached hydrogens (tertiary/aromatic N) is 3. The Morgan fingerprint density at radius 1 is 1.35 bits per heavy atom. The Morgan fingerprint density at radius 2 is 2.15 bits per heavy atom. The Kier molecular flexibility index (Phi) is 4.29. The minimum absolute atomic E-state index is 0.0544. The first kappa shape index (κ1) is 17.5. The van der Waals surface area contributed by atoms with Gasteiger partial charge < -0.3 is 9.84 Å². The third kappa shape index (κ3) is 2.91. The maximum Gasteiger partial charge on any atom is 0.243 e. The van der Waals surface area contributed by atoms with Gasteiger partial charge in [-0.2, -0.15) is 9.40 Å². The number of fused-ring (bicyclic) bond motifs is 1. The number of aromatic nitrogens is 2. The van der Waals surface area contributed by atoms with E-state index in [2.05, 4.69) is 5.10 Å². The summed E-state index contributed by atoms with van der Waals surface area (Å²) in [6, 6.07) is 5.07. The van der Waals surface area contributed by atoms with Crippen LogP contribution >= 0.6 is 0 Å². The van der Waals surface area contributed by atoms with Gasteiger partial charge in [-0.3, -0.25) is 4.68 Å². The van der Waals surface area contributed by atoms with Gasteiger partial charge >= 0.3 is 0 Å². The number of sulfonamides is 1. The van der Waals surface area contributed by atoms with Crippen LogP contribution in [0.15, 0.2) is 35.5 Å². The van der Waals surface area contributed by atoms with E-state index in [9.17, 15) is 13.5 Å². The van der Waals surface area contributed by atoms with Crippen molar-refractivity contribution in [3.8, 4) is 5.75 Å². The number of aliphatic hydroxyl groups excluding tert-OH is 1. The van der Waals surface area contributed by atoms with Gasteiger partial charge in [-0.25, -0.2) is 8.42 Å². The molecular weight excluding hydrogens is 354 g/mol. The summed E-state index contributed by atoms with van der Waals surface area (Å²) in [7, 11) is -1.79. The van der Waals surface area contributed by atoms with Crippen molar-refractivity contribution in [1.29, 1.82) is 0 Å². The zero-order valence-electron chi connectivity index (χ0n) is 14.9. The van der Waals surface area contributed by atoms with Crippen molar-refractivity contribution in [2.24, 2.45) is 13.0 Å². The number of benzene rings is 1. The summed E-state index contributed by atoms with van der Waals surface area (Å²) in [6.45, 7) is 2.58. The van der Waals surface area contributed by atoms with Crippen LogP contribution in [0.5, 0.6) is 5.75 Å². The van der Waals surface area contributed by atoms with Gasteiger partial charge in [0.25, 0.3) is 0 Å². The Balaban J connectivity index is 1.62. The molecule has 8 heteroatoms. The highest BCUT2D eigenvalue weighted by atomic mass is 32.2. The first-order chi connectivity index (χ1) is 12.4. The molecule has 2 aliphatic heterocycles. The normalized spacial score (nSPS) is 26.0. The SMILES string of the molecule is CC1Cc2cc(S(=O)(=O)N3C[C@@H](CO)[C@H](c4cnn(C)c4)C3)ccc2O1. The molecule has 2 aliphatic rings. The molecule has 4 rings (SSSR count). The van der Waals surface area contributed by atoms with Crippen molar-refractivity contribution in [3.63, 3.8) is 0 Å². The molecule has 3 atom stereocenters. The van der Waals surface area contributed by atoms with E-state index >= 15 is 0 Å². The average molecular weight is 377 g/mol. The number of aliphatic hydroxyl groups is 1. The van der Waals surface area contributed by atoms with Crippen molar-refractivity contribution in [2.45, 2.75) is 30.3 Å². The van der Waals surface area contributed by atoms with Crippen LogP contribution in [0.1, 0.15) is 24.0 Å². The van der Waals surface area contributed by atoms with E-state index in [1.807, 2.05) is 20.2 Å². The third-order valence-corrected chi connectivity index (χ3v) is 7.13. The molecule has 0 radical (unpaired) electrons. The van der Waals surface area contributed by atoms with Crippen LogP contribution < -0.4 is 4.74 Å². The van der Waals surface area contributed by atoms with Gasteiger partial charge in [0.2, 0.25) is 10.0 Å². The molecule has 1 fully saturated rings. The van der Waals surface area contributed by atoms with E-state index < -0.39 is 10.0 Å². The number of hydrogen-bond donors (Lipinski definition) is 1. The Labute approximate surface area is 153 Å². The molecule has 1 N–H and O–H groups in total. The fourth-order valence-electron chi connectivity index (χ4n) is 3.93. The van der Waals surface area contributed by atoms with Crippen molar-refractivity contribution in [1.82, 2.24) is 14.1 Å². The van der Waals surface area contributed by atoms with E-state index in [-0.39, 0.29) is 29.4 Å². The summed E-state index contributed by atoms with van der Waals surface area (Å²) in [5, 5.41) is 13.9. The van der Waals surface area contributed by atoms with Gasteiger partial charge in [0.15, 0.2) is 0 Å². The molecular formula is C18H23N3O4S. The van der Waals surface area contributed by atoms with Crippen LogP contribution in [-0.4, -0.2) is 53.4 Å². The first-order valence-corrected chi connectivity index (χ1v) is 10.2. The summed E-state index contributed by atoms with van der Waals surface area (Å²) in [5.74, 6) is 0.576. The van der Waals surface area contributed by atoms with Crippen LogP contribution in [-0.2, 0) is 23.5 Å². The smallest absolute Gasteiger partial charge is 0.243 e. The van der Waals surface area contributed by atoms with E-state index in [1.165, 1.54) is 4.31 Å². The summed E-state index contributed by atoms with van der Waals surface area (Å²) in [5.41, 5.74) is 1.89. The average Bonchev–Trinajstić information content (AvgIpc) is 3.30. The van der Waals surface area contributed by atoms with Gasteiger partial charge in [-0.05, 0) is 36.2 Å². The summed E-state index contributed by atoms with van der Waals surface area (Å²) < 4.78 is 35.1. The lowest BCUT2D eigenvalue weighted by Crippen LogP contribution is -2.29. The molecule has 1 saturated heterocycles. The number of aryl methyl sites for hydroxylation is 1. The van der Waals surface area contributed by atoms with Gasteiger partial charge in [0, 0.05) is 51.2 Å². The maximum atomic E-state index is 13.1. The van der Waals surface area contributed by atoms with Crippen LogP contribution in [0.3, 0.4) is 0 Å². The van der Waals surface area contributed by atoms with Gasteiger partial charge in [0.1, 0.15) is 11.9 Å². The predicted molar refractivity (Wildman–Crippen MR) is 95.5 cm³/mol. The predicted octanol–water partition coefficient (Wildman–Crippen LogP) is 1.14. The van der Waals surface area contributed by atoms with Gasteiger partial charge in [-0.1, -0.05) is 0 Å². The molecule has 0 spiro atoms. The van der Waals surface area contributed by atoms with Crippen LogP contribution in [0, 0.1) is 5.92 Å². The molecule has 2 aromatic rings. The first-order valence-electron chi connectivity index (χ1n) is 8.77. The summed E-state index contributed by atoms with van der Waals surface area (Å²) >= 11 is 0. The zero-order valence-corrected chi connectivity index (χ0v) is 15.7. The lowest BCUT2D eigenvalue weighted by molar-refractivity contribution is 0.223.